The Morgan fingerprint density at radius 1 is 0.526 bits per heavy atom. The Morgan fingerprint density at radius 2 is 0.956 bits per heavy atom. The molecule has 0 saturated carbocycles. The lowest BCUT2D eigenvalue weighted by atomic mass is 9.89. The number of rotatable bonds is 40. The van der Waals surface area contributed by atoms with Crippen LogP contribution in [0.5, 0.6) is 5.75 Å². The number of fused-ring (bicyclic) bond motifs is 1. The third-order valence-corrected chi connectivity index (χ3v) is 25.3. The highest BCUT2D eigenvalue weighted by Crippen LogP contribution is 2.40. The number of ketones is 1. The number of hydrogen-bond donors (Lipinski definition) is 27. The van der Waals surface area contributed by atoms with Crippen molar-refractivity contribution >= 4 is 62.8 Å². The van der Waals surface area contributed by atoms with Crippen molar-refractivity contribution in [1.29, 1.82) is 0 Å². The molecule has 1 aromatic heterocycles. The SMILES string of the molecule is Cc1cc(OCCCC(=O)NCCCOCCOCCOCCCNC(=O)C(N)CCC(=O)NC(O)[C@@H]2O[C@H]3O[C@H]4[C@H](O)[C@@H](O)[C@@H](O[C@H]5[C@H](O)[C@@H](O)[C@@H](O[C@H]6[C@H](O)[C@@H](O)[C@@H](O[C@H]7[C@H](O)[C@@H](O)[C@@H](O[C@H]8[C@H](O)[C@@H](O)[C@@H](O[C@H]2[C@H](O)[C@H]3O)O[C@@H]8CO)O[C@@H]7CO)O[C@@H]6CO)O[C@@H]5CO)O[C@@H]4CO)cc(C)c1S(=O)(=O)NC(CNC(=O)C1=Nc2cc(CNc3ncc[nH]3)ccc2C(=O)C1C)C(=O)O. The van der Waals surface area contributed by atoms with Crippen molar-refractivity contribution in [3.8, 4) is 5.75 Å². The zero-order valence-corrected chi connectivity index (χ0v) is 74.2. The second-order valence-corrected chi connectivity index (χ2v) is 34.9. The van der Waals surface area contributed by atoms with E-state index in [2.05, 4.69) is 46.3 Å². The van der Waals surface area contributed by atoms with E-state index in [4.69, 9.17) is 81.5 Å². The number of carboxylic acids is 1. The molecule has 3 aromatic rings. The van der Waals surface area contributed by atoms with Crippen LogP contribution in [-0.2, 0) is 112 Å². The Hall–Kier alpha value is -7.51. The largest absolute Gasteiger partial charge is 0.494 e. The van der Waals surface area contributed by atoms with Crippen LogP contribution in [0.4, 0.5) is 11.6 Å². The van der Waals surface area contributed by atoms with Crippen LogP contribution in [0.25, 0.3) is 0 Å². The van der Waals surface area contributed by atoms with Gasteiger partial charge in [-0.15, -0.1) is 0 Å². The van der Waals surface area contributed by atoms with Gasteiger partial charge in [0.05, 0.1) is 88.6 Å². The first-order chi connectivity index (χ1) is 64.4. The lowest BCUT2D eigenvalue weighted by Gasteiger charge is -2.51. The molecule has 34 atom stereocenters. The van der Waals surface area contributed by atoms with Crippen molar-refractivity contribution in [2.45, 2.75) is 273 Å². The number of ether oxygens (including phenoxy) is 16. The first-order valence-electron chi connectivity index (χ1n) is 43.8. The number of sulfonamides is 1. The van der Waals surface area contributed by atoms with Crippen LogP contribution in [-0.4, -0.2) is 458 Å². The maximum Gasteiger partial charge on any atom is 0.323 e. The van der Waals surface area contributed by atoms with E-state index in [1.807, 2.05) is 0 Å². The van der Waals surface area contributed by atoms with Gasteiger partial charge < -0.3 is 210 Å². The van der Waals surface area contributed by atoms with Gasteiger partial charge in [-0.25, -0.2) is 18.4 Å². The fourth-order valence-corrected chi connectivity index (χ4v) is 17.8. The Labute approximate surface area is 770 Å². The Morgan fingerprint density at radius 3 is 1.39 bits per heavy atom. The first kappa shape index (κ1) is 108. The summed E-state index contributed by atoms with van der Waals surface area (Å²) in [5.41, 5.74) is 7.66. The highest BCUT2D eigenvalue weighted by molar-refractivity contribution is 7.89. The quantitative estimate of drug-likeness (QED) is 0.0186. The average molecular weight is 1960 g/mol. The summed E-state index contributed by atoms with van der Waals surface area (Å²) in [5, 5.41) is 226. The van der Waals surface area contributed by atoms with E-state index in [1.54, 1.807) is 30.6 Å². The number of Topliss-reactive ketones (excluding diaryl/α,β-unsaturated/α-hetero) is 1. The number of carboxylic acid groups (broad SMARTS) is 1. The second-order valence-electron chi connectivity index (χ2n) is 33.2. The summed E-state index contributed by atoms with van der Waals surface area (Å²) in [6.45, 7) is 0.360. The molecular formula is C81H122N10O43S. The van der Waals surface area contributed by atoms with Gasteiger partial charge in [-0.2, -0.15) is 4.72 Å². The summed E-state index contributed by atoms with van der Waals surface area (Å²) in [7, 11) is -4.52. The standard InChI is InChI=1S/C81H122N10O43S/c1-33-23-37(24-34(2)70(33)135(117,118)91-41(74(115)116)27-87-72(113)49-35(3)50(99)38-9-8-36(25-40(38)89-49)26-88-81-85-14-15-86-81)122-18-4-7-47(97)83-12-5-16-119-19-21-121-22-20-120-17-6-13-84-71(112)39(82)10-11-48(98)90-73(114)69-68-56(105)62(111)80(134-69)132-67-46(32-96)126-78(60(109)54(67)103)130-65-44(30-94)124-76(58(107)52(65)101)128-63-42(28-92)123-75(57(106)51(63)100)129-64-43(29-93)125-77(59(108)53(64)102)131-66-45(31-95)127-79(133-68)61(110)55(66)104/h8-9,14-15,23-25,35,39,41-46,51-69,73,75-80,91-96,100-111,114H,4-7,10-13,16-22,26-32,82H2,1-3H3,(H,83,97)(H,84,112)(H,87,113)(H,90,98)(H,115,116)(H2,85,86,88)/t35?,39?,41?,42-,43-,44-,45-,46-,51-,52-,53-,54-,55-,56-,57-,58-,59-,60-,61-,62-,63-,64-,65-,66-,67-,68+,69-,73?,75-,76-,77-,78-,79-,80-/m1/s1. The van der Waals surface area contributed by atoms with Crippen molar-refractivity contribution < 1.29 is 210 Å². The number of aromatic nitrogens is 2. The summed E-state index contributed by atoms with van der Waals surface area (Å²) in [6, 6.07) is 4.72. The monoisotopic (exact) mass is 1950 g/mol. The van der Waals surface area contributed by atoms with Crippen molar-refractivity contribution in [2.75, 3.05) is 104 Å². The van der Waals surface area contributed by atoms with Gasteiger partial charge in [0.2, 0.25) is 27.7 Å². The van der Waals surface area contributed by atoms with E-state index in [0.29, 0.717) is 56.2 Å². The molecule has 22 saturated heterocycles. The van der Waals surface area contributed by atoms with Crippen molar-refractivity contribution in [3.05, 3.63) is 65.0 Å². The Balaban J connectivity index is 0.583. The number of H-pyrrole nitrogens is 1. The highest BCUT2D eigenvalue weighted by Gasteiger charge is 2.60. The molecule has 28 N–H and O–H groups in total. The van der Waals surface area contributed by atoms with Gasteiger partial charge in [0.25, 0.3) is 5.91 Å². The van der Waals surface area contributed by atoms with E-state index < -0.39 is 288 Å². The molecular weight excluding hydrogens is 1830 g/mol. The average Bonchev–Trinajstić information content (AvgIpc) is 1.42. The summed E-state index contributed by atoms with van der Waals surface area (Å²) in [4.78, 5) is 89.7. The predicted octanol–water partition coefficient (Wildman–Crippen LogP) is -12.2. The van der Waals surface area contributed by atoms with E-state index >= 15 is 0 Å². The number of aliphatic hydroxyl groups is 18. The minimum absolute atomic E-state index is 0.0688. The molecule has 0 spiro atoms. The molecule has 760 valence electrons. The summed E-state index contributed by atoms with van der Waals surface area (Å²) < 4.78 is 122. The van der Waals surface area contributed by atoms with Crippen LogP contribution in [0.15, 0.2) is 52.6 Å². The van der Waals surface area contributed by atoms with Crippen molar-refractivity contribution in [3.63, 3.8) is 0 Å². The number of imidazole rings is 1. The lowest BCUT2D eigenvalue weighted by Crippen LogP contribution is -2.70. The number of aromatic amines is 1. The number of aliphatic carboxylic acids is 1. The molecule has 54 heteroatoms. The number of amides is 4. The molecule has 12 bridgehead atoms. The molecule has 4 amide bonds. The zero-order valence-electron chi connectivity index (χ0n) is 73.4. The van der Waals surface area contributed by atoms with Crippen LogP contribution in [0.1, 0.15) is 72.5 Å². The predicted molar refractivity (Wildman–Crippen MR) is 446 cm³/mol. The van der Waals surface area contributed by atoms with Crippen LogP contribution < -0.4 is 41.8 Å². The van der Waals surface area contributed by atoms with Gasteiger partial charge in [0.1, 0.15) is 164 Å². The Kier molecular flexibility index (Phi) is 40.0. The zero-order chi connectivity index (χ0) is 98.0. The van der Waals surface area contributed by atoms with Gasteiger partial charge in [-0.1, -0.05) is 6.07 Å². The van der Waals surface area contributed by atoms with Crippen LogP contribution in [0, 0.1) is 19.8 Å². The Bertz CT molecular complexity index is 4450. The molecule has 135 heavy (non-hydrogen) atoms. The fraction of sp³-hybridized carbons (Fsp3) is 0.728. The number of nitrogens with one attached hydrogen (secondary N) is 7. The number of aryl methyl sites for hydroxylation is 2. The smallest absolute Gasteiger partial charge is 0.323 e. The van der Waals surface area contributed by atoms with Gasteiger partial charge in [0, 0.05) is 70.2 Å². The number of hydrogen-bond acceptors (Lipinski definition) is 46. The fourth-order valence-electron chi connectivity index (χ4n) is 16.2. The molecule has 0 radical (unpaired) electrons. The molecule has 4 unspecified atom stereocenters. The molecule has 23 aliphatic heterocycles. The molecule has 26 rings (SSSR count). The summed E-state index contributed by atoms with van der Waals surface area (Å²) in [6.07, 6.45) is -62.7. The van der Waals surface area contributed by atoms with E-state index in [-0.39, 0.29) is 98.1 Å². The van der Waals surface area contributed by atoms with E-state index in [1.165, 1.54) is 32.9 Å². The molecule has 23 aliphatic rings. The van der Waals surface area contributed by atoms with Crippen LogP contribution in [0.3, 0.4) is 0 Å². The van der Waals surface area contributed by atoms with Gasteiger partial charge >= 0.3 is 5.97 Å². The molecule has 2 aromatic carbocycles. The maximum atomic E-state index is 13.7. The number of nitrogens with two attached hydrogens (primary N) is 1. The maximum absolute atomic E-state index is 13.7. The van der Waals surface area contributed by atoms with Crippen molar-refractivity contribution in [1.82, 2.24) is 36.0 Å². The van der Waals surface area contributed by atoms with Crippen molar-refractivity contribution in [2.24, 2.45) is 16.6 Å². The number of anilines is 1. The van der Waals surface area contributed by atoms with E-state index in [0.717, 1.165) is 5.56 Å². The third-order valence-electron chi connectivity index (χ3n) is 23.5. The topological polar surface area (TPSA) is 808 Å². The molecule has 53 nitrogen and oxygen atoms in total. The van der Waals surface area contributed by atoms with Gasteiger partial charge in [-0.05, 0) is 87.4 Å². The number of carbonyl (C=O) groups excluding carboxylic acids is 5. The van der Waals surface area contributed by atoms with E-state index in [9.17, 15) is 134 Å². The van der Waals surface area contributed by atoms with Crippen LogP contribution >= 0.6 is 0 Å². The lowest BCUT2D eigenvalue weighted by molar-refractivity contribution is -0.405. The third kappa shape index (κ3) is 27.0. The summed E-state index contributed by atoms with van der Waals surface area (Å²) in [5.74, 6) is -5.01. The second kappa shape index (κ2) is 50.1. The normalized spacial score (nSPS) is 34.7. The molecule has 22 fully saturated rings. The minimum atomic E-state index is -4.52. The van der Waals surface area contributed by atoms with Gasteiger partial charge in [0.15, 0.2) is 55.7 Å². The number of benzene rings is 2. The molecule has 24 heterocycles. The number of carbonyl (C=O) groups is 6. The van der Waals surface area contributed by atoms with Gasteiger partial charge in [-0.3, -0.25) is 28.8 Å². The number of nitrogens with zero attached hydrogens (tertiary/aromatic N) is 2. The van der Waals surface area contributed by atoms with Crippen LogP contribution in [0.2, 0.25) is 0 Å². The number of aliphatic imine (C=N–C) groups is 1. The highest BCUT2D eigenvalue weighted by atomic mass is 32.2. The molecule has 0 aliphatic carbocycles. The minimum Gasteiger partial charge on any atom is -0.494 e. The first-order valence-corrected chi connectivity index (χ1v) is 45.2. The summed E-state index contributed by atoms with van der Waals surface area (Å²) >= 11 is 0. The number of aliphatic hydroxyl groups excluding tert-OH is 18.